The maximum atomic E-state index is 13.0. The zero-order chi connectivity index (χ0) is 18.6. The number of likely N-dealkylation sites (N-methyl/N-ethyl adjacent to an activating group) is 1. The Kier molecular flexibility index (Phi) is 5.72. The molecule has 1 fully saturated rings. The van der Waals surface area contributed by atoms with E-state index in [-0.39, 0.29) is 5.91 Å². The molecule has 1 N–H and O–H groups in total. The smallest absolute Gasteiger partial charge is 0.279 e. The molecule has 2 aromatic rings. The van der Waals surface area contributed by atoms with Gasteiger partial charge in [-0.15, -0.1) is 0 Å². The summed E-state index contributed by atoms with van der Waals surface area (Å²) in [5.41, 5.74) is 4.45. The molecule has 1 aromatic carbocycles. The number of carbonyl (C=O) groups excluding carboxylic acids is 1. The van der Waals surface area contributed by atoms with Crippen LogP contribution >= 0.6 is 0 Å². The normalized spacial score (nSPS) is 22.8. The number of amides is 1. The average Bonchev–Trinajstić information content (AvgIpc) is 2.66. The largest absolute Gasteiger partial charge is 0.321 e. The third kappa shape index (κ3) is 3.80. The summed E-state index contributed by atoms with van der Waals surface area (Å²) in [5, 5.41) is 3.19. The van der Waals surface area contributed by atoms with Gasteiger partial charge in [0.2, 0.25) is 0 Å². The molecule has 4 heteroatoms. The summed E-state index contributed by atoms with van der Waals surface area (Å²) < 4.78 is 0.822. The van der Waals surface area contributed by atoms with E-state index >= 15 is 0 Å². The number of aromatic nitrogens is 1. The van der Waals surface area contributed by atoms with Gasteiger partial charge in [-0.1, -0.05) is 24.3 Å². The van der Waals surface area contributed by atoms with Gasteiger partial charge in [0, 0.05) is 30.1 Å². The van der Waals surface area contributed by atoms with E-state index in [9.17, 15) is 4.79 Å². The molecule has 0 bridgehead atoms. The van der Waals surface area contributed by atoms with Crippen LogP contribution in [0.25, 0.3) is 0 Å². The number of benzene rings is 1. The second-order valence-corrected chi connectivity index (χ2v) is 7.53. The topological polar surface area (TPSA) is 42.0 Å². The molecule has 0 aliphatic carbocycles. The van der Waals surface area contributed by atoms with Crippen molar-refractivity contribution < 1.29 is 9.28 Å². The fourth-order valence-electron chi connectivity index (χ4n) is 4.41. The lowest BCUT2D eigenvalue weighted by atomic mass is 9.92. The lowest BCUT2D eigenvalue weighted by Gasteiger charge is -2.46. The minimum Gasteiger partial charge on any atom is -0.321 e. The zero-order valence-electron chi connectivity index (χ0n) is 16.2. The van der Waals surface area contributed by atoms with E-state index in [0.29, 0.717) is 12.6 Å². The van der Waals surface area contributed by atoms with Crippen molar-refractivity contribution in [2.75, 3.05) is 25.0 Å². The van der Waals surface area contributed by atoms with E-state index in [0.717, 1.165) is 40.8 Å². The molecular weight excluding hydrogens is 322 g/mol. The Balaban J connectivity index is 1.83. The van der Waals surface area contributed by atoms with Gasteiger partial charge >= 0.3 is 0 Å². The SMILES string of the molecule is CC[N+]1(CC(=O)Nc2c(C)cccc2C)CCCCC1c1cccnc1. The first kappa shape index (κ1) is 18.6. The van der Waals surface area contributed by atoms with Crippen LogP contribution in [-0.4, -0.2) is 35.0 Å². The predicted molar refractivity (Wildman–Crippen MR) is 106 cm³/mol. The van der Waals surface area contributed by atoms with Crippen LogP contribution in [0.1, 0.15) is 48.9 Å². The first-order valence-corrected chi connectivity index (χ1v) is 9.67. The van der Waals surface area contributed by atoms with Crippen LogP contribution in [0.3, 0.4) is 0 Å². The van der Waals surface area contributed by atoms with E-state index in [1.165, 1.54) is 18.4 Å². The molecule has 1 amide bonds. The number of para-hydroxylation sites is 1. The summed E-state index contributed by atoms with van der Waals surface area (Å²) in [6.45, 7) is 8.83. The number of likely N-dealkylation sites (tertiary alicyclic amines) is 1. The van der Waals surface area contributed by atoms with Gasteiger partial charge in [0.25, 0.3) is 5.91 Å². The Bertz CT molecular complexity index is 739. The maximum absolute atomic E-state index is 13.0. The molecule has 0 spiro atoms. The molecule has 1 aromatic heterocycles. The molecule has 2 unspecified atom stereocenters. The van der Waals surface area contributed by atoms with Crippen molar-refractivity contribution >= 4 is 11.6 Å². The Morgan fingerprint density at radius 1 is 1.19 bits per heavy atom. The van der Waals surface area contributed by atoms with E-state index in [1.54, 1.807) is 0 Å². The van der Waals surface area contributed by atoms with Gasteiger partial charge in [0.1, 0.15) is 6.04 Å². The number of piperidine rings is 1. The Morgan fingerprint density at radius 2 is 1.96 bits per heavy atom. The van der Waals surface area contributed by atoms with Gasteiger partial charge in [-0.25, -0.2) is 0 Å². The molecule has 1 saturated heterocycles. The van der Waals surface area contributed by atoms with Crippen molar-refractivity contribution in [1.82, 2.24) is 4.98 Å². The standard InChI is InChI=1S/C22H29N3O/c1-4-25(14-6-5-12-20(25)19-11-8-13-23-15-19)16-21(26)24-22-17(2)9-7-10-18(22)3/h7-11,13,15,20H,4-6,12,14,16H2,1-3H3/p+1. The first-order chi connectivity index (χ1) is 12.6. The monoisotopic (exact) mass is 352 g/mol. The Labute approximate surface area is 156 Å². The van der Waals surface area contributed by atoms with Crippen molar-refractivity contribution in [1.29, 1.82) is 0 Å². The van der Waals surface area contributed by atoms with Crippen LogP contribution < -0.4 is 5.32 Å². The number of hydrogen-bond acceptors (Lipinski definition) is 2. The van der Waals surface area contributed by atoms with Gasteiger partial charge in [-0.2, -0.15) is 0 Å². The van der Waals surface area contributed by atoms with Gasteiger partial charge in [-0.3, -0.25) is 9.78 Å². The quantitative estimate of drug-likeness (QED) is 0.811. The van der Waals surface area contributed by atoms with Crippen LogP contribution in [0.15, 0.2) is 42.7 Å². The number of nitrogens with one attached hydrogen (secondary N) is 1. The van der Waals surface area contributed by atoms with Gasteiger partial charge in [0.05, 0.1) is 13.1 Å². The molecule has 1 aliphatic heterocycles. The van der Waals surface area contributed by atoms with E-state index in [2.05, 4.69) is 23.3 Å². The van der Waals surface area contributed by atoms with Crippen LogP contribution in [0.4, 0.5) is 5.69 Å². The summed E-state index contributed by atoms with van der Waals surface area (Å²) in [5.74, 6) is 0.111. The highest BCUT2D eigenvalue weighted by Crippen LogP contribution is 2.37. The van der Waals surface area contributed by atoms with Crippen LogP contribution in [-0.2, 0) is 4.79 Å². The Hall–Kier alpha value is -2.20. The van der Waals surface area contributed by atoms with E-state index in [4.69, 9.17) is 0 Å². The van der Waals surface area contributed by atoms with E-state index < -0.39 is 0 Å². The third-order valence-electron chi connectivity index (χ3n) is 5.90. The number of nitrogens with zero attached hydrogens (tertiary/aromatic N) is 2. The fraction of sp³-hybridized carbons (Fsp3) is 0.455. The Morgan fingerprint density at radius 3 is 2.62 bits per heavy atom. The predicted octanol–water partition coefficient (Wildman–Crippen LogP) is 4.40. The molecule has 4 nitrogen and oxygen atoms in total. The lowest BCUT2D eigenvalue weighted by molar-refractivity contribution is -0.953. The molecule has 0 radical (unpaired) electrons. The summed E-state index contributed by atoms with van der Waals surface area (Å²) in [7, 11) is 0. The van der Waals surface area contributed by atoms with Crippen LogP contribution in [0, 0.1) is 13.8 Å². The van der Waals surface area contributed by atoms with Crippen molar-refractivity contribution in [2.45, 2.75) is 46.1 Å². The summed E-state index contributed by atoms with van der Waals surface area (Å²) >= 11 is 0. The van der Waals surface area contributed by atoms with Crippen molar-refractivity contribution in [3.63, 3.8) is 0 Å². The van der Waals surface area contributed by atoms with Gasteiger partial charge in [-0.05, 0) is 50.8 Å². The minimum atomic E-state index is 0.111. The first-order valence-electron chi connectivity index (χ1n) is 9.67. The maximum Gasteiger partial charge on any atom is 0.279 e. The molecule has 2 atom stereocenters. The average molecular weight is 353 g/mol. The minimum absolute atomic E-state index is 0.111. The second-order valence-electron chi connectivity index (χ2n) is 7.53. The molecular formula is C22H30N3O+. The zero-order valence-corrected chi connectivity index (χ0v) is 16.2. The number of aryl methyl sites for hydroxylation is 2. The third-order valence-corrected chi connectivity index (χ3v) is 5.90. The highest BCUT2D eigenvalue weighted by molar-refractivity contribution is 5.93. The van der Waals surface area contributed by atoms with Crippen LogP contribution in [0.5, 0.6) is 0 Å². The molecule has 2 heterocycles. The van der Waals surface area contributed by atoms with Gasteiger partial charge in [0.15, 0.2) is 6.54 Å². The number of quaternary nitrogens is 1. The summed E-state index contributed by atoms with van der Waals surface area (Å²) in [6, 6.07) is 10.6. The lowest BCUT2D eigenvalue weighted by Crippen LogP contribution is -2.56. The number of rotatable bonds is 5. The molecule has 1 aliphatic rings. The van der Waals surface area contributed by atoms with Crippen molar-refractivity contribution in [2.24, 2.45) is 0 Å². The highest BCUT2D eigenvalue weighted by Gasteiger charge is 2.40. The molecule has 0 saturated carbocycles. The molecule has 26 heavy (non-hydrogen) atoms. The van der Waals surface area contributed by atoms with Crippen LogP contribution in [0.2, 0.25) is 0 Å². The summed E-state index contributed by atoms with van der Waals surface area (Å²) in [6.07, 6.45) is 7.32. The van der Waals surface area contributed by atoms with E-state index in [1.807, 2.05) is 50.5 Å². The number of hydrogen-bond donors (Lipinski definition) is 1. The molecule has 3 rings (SSSR count). The number of pyridine rings is 1. The number of carbonyl (C=O) groups is 1. The summed E-state index contributed by atoms with van der Waals surface area (Å²) in [4.78, 5) is 17.3. The van der Waals surface area contributed by atoms with Crippen molar-refractivity contribution in [3.8, 4) is 0 Å². The fourth-order valence-corrected chi connectivity index (χ4v) is 4.41. The highest BCUT2D eigenvalue weighted by atomic mass is 16.2. The van der Waals surface area contributed by atoms with Crippen molar-refractivity contribution in [3.05, 3.63) is 59.4 Å². The molecule has 138 valence electrons. The second kappa shape index (κ2) is 8.00. The van der Waals surface area contributed by atoms with Gasteiger partial charge < -0.3 is 9.80 Å². The number of anilines is 1.